The van der Waals surface area contributed by atoms with E-state index in [2.05, 4.69) is 0 Å². The summed E-state index contributed by atoms with van der Waals surface area (Å²) >= 11 is 0. The Morgan fingerprint density at radius 2 is 1.79 bits per heavy atom. The first-order valence-electron chi connectivity index (χ1n) is 3.76. The van der Waals surface area contributed by atoms with E-state index in [0.29, 0.717) is 12.1 Å². The average molecular weight is 214 g/mol. The van der Waals surface area contributed by atoms with Crippen molar-refractivity contribution in [1.29, 1.82) is 0 Å². The Kier molecular flexibility index (Phi) is 2.87. The lowest BCUT2D eigenvalue weighted by Crippen LogP contribution is -2.15. The molecule has 1 amide bonds. The number of rotatable bonds is 3. The molecule has 5 nitrogen and oxygen atoms in total. The number of primary sulfonamides is 1. The van der Waals surface area contributed by atoms with Gasteiger partial charge in [-0.05, 0) is 24.3 Å². The molecule has 6 heteroatoms. The van der Waals surface area contributed by atoms with Crippen LogP contribution in [0.3, 0.4) is 0 Å². The molecule has 0 aliphatic heterocycles. The van der Waals surface area contributed by atoms with Crippen LogP contribution in [-0.4, -0.2) is 21.9 Å². The van der Waals surface area contributed by atoms with Crippen LogP contribution in [0.1, 0.15) is 0 Å². The van der Waals surface area contributed by atoms with Gasteiger partial charge >= 0.3 is 0 Å². The van der Waals surface area contributed by atoms with Gasteiger partial charge in [-0.3, -0.25) is 4.79 Å². The Balaban J connectivity index is 3.07. The van der Waals surface area contributed by atoms with E-state index in [9.17, 15) is 13.2 Å². The molecule has 0 aliphatic rings. The summed E-state index contributed by atoms with van der Waals surface area (Å²) in [5, 5.41) is 4.90. The Hall–Kier alpha value is -1.40. The standard InChI is InChI=1S/C8H10N2O3S/c1-10(6-11)7-2-4-8(5-3-7)14(9,12)13/h2-6H,1H3,(H2,9,12,13). The van der Waals surface area contributed by atoms with E-state index < -0.39 is 10.0 Å². The first-order valence-corrected chi connectivity index (χ1v) is 5.31. The number of nitrogens with zero attached hydrogens (tertiary/aromatic N) is 1. The van der Waals surface area contributed by atoms with E-state index in [1.54, 1.807) is 7.05 Å². The Morgan fingerprint density at radius 1 is 1.29 bits per heavy atom. The van der Waals surface area contributed by atoms with Crippen LogP contribution in [0, 0.1) is 0 Å². The van der Waals surface area contributed by atoms with Crippen LogP contribution in [0.25, 0.3) is 0 Å². The number of carbonyl (C=O) groups is 1. The van der Waals surface area contributed by atoms with Crippen molar-refractivity contribution in [2.75, 3.05) is 11.9 Å². The third kappa shape index (κ3) is 2.30. The van der Waals surface area contributed by atoms with Crippen LogP contribution in [0.15, 0.2) is 29.2 Å². The number of nitrogens with two attached hydrogens (primary N) is 1. The number of carbonyl (C=O) groups excluding carboxylic acids is 1. The SMILES string of the molecule is CN(C=O)c1ccc(S(N)(=O)=O)cc1. The van der Waals surface area contributed by atoms with Gasteiger partial charge in [-0.25, -0.2) is 13.6 Å². The number of hydrogen-bond donors (Lipinski definition) is 1. The number of benzene rings is 1. The number of anilines is 1. The molecule has 0 unspecified atom stereocenters. The van der Waals surface area contributed by atoms with Crippen LogP contribution in [0.5, 0.6) is 0 Å². The lowest BCUT2D eigenvalue weighted by molar-refractivity contribution is -0.107. The van der Waals surface area contributed by atoms with E-state index in [1.165, 1.54) is 29.2 Å². The van der Waals surface area contributed by atoms with Crippen LogP contribution in [0.2, 0.25) is 0 Å². The summed E-state index contributed by atoms with van der Waals surface area (Å²) in [4.78, 5) is 11.7. The highest BCUT2D eigenvalue weighted by Gasteiger charge is 2.07. The van der Waals surface area contributed by atoms with Crippen molar-refractivity contribution in [2.45, 2.75) is 4.90 Å². The first-order chi connectivity index (χ1) is 6.45. The topological polar surface area (TPSA) is 80.5 Å². The van der Waals surface area contributed by atoms with Crippen LogP contribution in [-0.2, 0) is 14.8 Å². The Morgan fingerprint density at radius 3 is 2.14 bits per heavy atom. The van der Waals surface area contributed by atoms with Crippen LogP contribution >= 0.6 is 0 Å². The van der Waals surface area contributed by atoms with Gasteiger partial charge in [-0.2, -0.15) is 0 Å². The second kappa shape index (κ2) is 3.77. The van der Waals surface area contributed by atoms with E-state index in [-0.39, 0.29) is 4.90 Å². The lowest BCUT2D eigenvalue weighted by atomic mass is 10.3. The molecule has 0 spiro atoms. The summed E-state index contributed by atoms with van der Waals surface area (Å²) < 4.78 is 21.8. The van der Waals surface area contributed by atoms with Crippen LogP contribution < -0.4 is 10.0 Å². The summed E-state index contributed by atoms with van der Waals surface area (Å²) in [7, 11) is -2.09. The van der Waals surface area contributed by atoms with E-state index in [1.807, 2.05) is 0 Å². The molecule has 0 aromatic heterocycles. The predicted octanol–water partition coefficient (Wildman–Crippen LogP) is -0.0734. The van der Waals surface area contributed by atoms with Gasteiger partial charge in [0, 0.05) is 12.7 Å². The fourth-order valence-corrected chi connectivity index (χ4v) is 1.45. The molecule has 0 heterocycles. The molecular weight excluding hydrogens is 204 g/mol. The highest BCUT2D eigenvalue weighted by Crippen LogP contribution is 2.14. The maximum Gasteiger partial charge on any atom is 0.238 e. The zero-order valence-corrected chi connectivity index (χ0v) is 8.36. The zero-order valence-electron chi connectivity index (χ0n) is 7.54. The molecule has 14 heavy (non-hydrogen) atoms. The van der Waals surface area contributed by atoms with Gasteiger partial charge in [0.2, 0.25) is 16.4 Å². The average Bonchev–Trinajstić information content (AvgIpc) is 2.15. The van der Waals surface area contributed by atoms with Crippen molar-refractivity contribution >= 4 is 22.1 Å². The molecule has 1 aromatic rings. The van der Waals surface area contributed by atoms with Gasteiger partial charge in [0.1, 0.15) is 0 Å². The minimum atomic E-state index is -3.66. The van der Waals surface area contributed by atoms with Crippen molar-refractivity contribution in [1.82, 2.24) is 0 Å². The van der Waals surface area contributed by atoms with Crippen molar-refractivity contribution < 1.29 is 13.2 Å². The predicted molar refractivity (Wildman–Crippen MR) is 52.3 cm³/mol. The molecule has 0 radical (unpaired) electrons. The lowest BCUT2D eigenvalue weighted by Gasteiger charge is -2.10. The Bertz CT molecular complexity index is 424. The normalized spacial score (nSPS) is 11.0. The maximum absolute atomic E-state index is 10.9. The number of hydrogen-bond acceptors (Lipinski definition) is 3. The third-order valence-electron chi connectivity index (χ3n) is 1.73. The molecule has 0 saturated carbocycles. The number of sulfonamides is 1. The first kappa shape index (κ1) is 10.7. The number of amides is 1. The molecule has 76 valence electrons. The molecule has 1 rings (SSSR count). The maximum atomic E-state index is 10.9. The fraction of sp³-hybridized carbons (Fsp3) is 0.125. The van der Waals surface area contributed by atoms with E-state index in [4.69, 9.17) is 5.14 Å². The highest BCUT2D eigenvalue weighted by atomic mass is 32.2. The summed E-state index contributed by atoms with van der Waals surface area (Å²) in [5.74, 6) is 0. The zero-order chi connectivity index (χ0) is 10.8. The summed E-state index contributed by atoms with van der Waals surface area (Å²) in [5.41, 5.74) is 0.604. The summed E-state index contributed by atoms with van der Waals surface area (Å²) in [6.45, 7) is 0. The van der Waals surface area contributed by atoms with Crippen LogP contribution in [0.4, 0.5) is 5.69 Å². The molecule has 0 aliphatic carbocycles. The molecule has 0 atom stereocenters. The minimum Gasteiger partial charge on any atom is -0.318 e. The second-order valence-corrected chi connectivity index (χ2v) is 4.32. The minimum absolute atomic E-state index is 0.0283. The molecule has 2 N–H and O–H groups in total. The molecule has 0 bridgehead atoms. The monoisotopic (exact) mass is 214 g/mol. The third-order valence-corrected chi connectivity index (χ3v) is 2.66. The molecule has 0 fully saturated rings. The highest BCUT2D eigenvalue weighted by molar-refractivity contribution is 7.89. The fourth-order valence-electron chi connectivity index (χ4n) is 0.932. The smallest absolute Gasteiger partial charge is 0.238 e. The summed E-state index contributed by atoms with van der Waals surface area (Å²) in [6.07, 6.45) is 0.631. The van der Waals surface area contributed by atoms with Gasteiger partial charge in [0.15, 0.2) is 0 Å². The Labute approximate surface area is 82.2 Å². The van der Waals surface area contributed by atoms with Crippen molar-refractivity contribution in [3.05, 3.63) is 24.3 Å². The van der Waals surface area contributed by atoms with Crippen molar-refractivity contribution in [2.24, 2.45) is 5.14 Å². The molecule has 0 saturated heterocycles. The van der Waals surface area contributed by atoms with E-state index in [0.717, 1.165) is 0 Å². The van der Waals surface area contributed by atoms with Gasteiger partial charge in [-0.1, -0.05) is 0 Å². The molecular formula is C8H10N2O3S. The second-order valence-electron chi connectivity index (χ2n) is 2.76. The van der Waals surface area contributed by atoms with Gasteiger partial charge in [0.05, 0.1) is 4.90 Å². The molecule has 1 aromatic carbocycles. The van der Waals surface area contributed by atoms with Crippen molar-refractivity contribution in [3.63, 3.8) is 0 Å². The van der Waals surface area contributed by atoms with Gasteiger partial charge in [0.25, 0.3) is 0 Å². The van der Waals surface area contributed by atoms with Gasteiger partial charge < -0.3 is 4.90 Å². The largest absolute Gasteiger partial charge is 0.318 e. The quantitative estimate of drug-likeness (QED) is 0.715. The van der Waals surface area contributed by atoms with E-state index >= 15 is 0 Å². The van der Waals surface area contributed by atoms with Gasteiger partial charge in [-0.15, -0.1) is 0 Å². The van der Waals surface area contributed by atoms with Crippen molar-refractivity contribution in [3.8, 4) is 0 Å². The summed E-state index contributed by atoms with van der Waals surface area (Å²) in [6, 6.07) is 5.72.